The van der Waals surface area contributed by atoms with Crippen molar-refractivity contribution >= 4 is 27.0 Å². The monoisotopic (exact) mass is 489 g/mol. The summed E-state index contributed by atoms with van der Waals surface area (Å²) in [5.74, 6) is 0.209. The molecule has 160 valence electrons. The highest BCUT2D eigenvalue weighted by molar-refractivity contribution is 9.10. The molecule has 0 spiro atoms. The zero-order valence-corrected chi connectivity index (χ0v) is 17.2. The van der Waals surface area contributed by atoms with Crippen molar-refractivity contribution in [3.63, 3.8) is 0 Å². The summed E-state index contributed by atoms with van der Waals surface area (Å²) in [5, 5.41) is 0. The minimum absolute atomic E-state index is 0.0607. The van der Waals surface area contributed by atoms with Gasteiger partial charge in [-0.25, -0.2) is 22.5 Å². The van der Waals surface area contributed by atoms with Gasteiger partial charge in [-0.15, -0.1) is 0 Å². The van der Waals surface area contributed by atoms with Crippen LogP contribution in [0.5, 0.6) is 11.6 Å². The molecule has 1 aliphatic heterocycles. The molecule has 1 aromatic carbocycles. The molecule has 3 heterocycles. The van der Waals surface area contributed by atoms with Crippen LogP contribution in [0.4, 0.5) is 17.6 Å². The largest absolute Gasteiger partial charge is 0.484 e. The van der Waals surface area contributed by atoms with Crippen molar-refractivity contribution in [3.8, 4) is 17.4 Å². The highest BCUT2D eigenvalue weighted by atomic mass is 79.9. The number of rotatable bonds is 7. The van der Waals surface area contributed by atoms with Gasteiger partial charge in [0.25, 0.3) is 12.9 Å². The van der Waals surface area contributed by atoms with E-state index in [1.54, 1.807) is 16.7 Å². The zero-order valence-electron chi connectivity index (χ0n) is 15.6. The van der Waals surface area contributed by atoms with Crippen molar-refractivity contribution in [2.75, 3.05) is 13.2 Å². The second-order valence-electron chi connectivity index (χ2n) is 6.69. The van der Waals surface area contributed by atoms with Crippen LogP contribution >= 0.6 is 15.9 Å². The minimum Gasteiger partial charge on any atom is -0.484 e. The van der Waals surface area contributed by atoms with E-state index in [4.69, 9.17) is 14.2 Å². The van der Waals surface area contributed by atoms with Crippen molar-refractivity contribution in [2.24, 2.45) is 0 Å². The number of hydrogen-bond acceptors (Lipinski definition) is 5. The Morgan fingerprint density at radius 1 is 1.20 bits per heavy atom. The van der Waals surface area contributed by atoms with E-state index in [2.05, 4.69) is 25.9 Å². The van der Waals surface area contributed by atoms with Gasteiger partial charge >= 0.3 is 0 Å². The average Bonchev–Trinajstić information content (AvgIpc) is 3.06. The van der Waals surface area contributed by atoms with Crippen LogP contribution in [0, 0.1) is 0 Å². The third kappa shape index (κ3) is 4.08. The minimum atomic E-state index is -2.92. The maximum Gasteiger partial charge on any atom is 0.274 e. The normalized spacial score (nSPS) is 15.6. The lowest BCUT2D eigenvalue weighted by Gasteiger charge is -2.27. The number of alkyl halides is 4. The predicted molar refractivity (Wildman–Crippen MR) is 103 cm³/mol. The fourth-order valence-corrected chi connectivity index (χ4v) is 3.23. The van der Waals surface area contributed by atoms with Crippen molar-refractivity contribution in [1.82, 2.24) is 14.5 Å². The van der Waals surface area contributed by atoms with E-state index < -0.39 is 30.4 Å². The van der Waals surface area contributed by atoms with Gasteiger partial charge < -0.3 is 14.2 Å². The summed E-state index contributed by atoms with van der Waals surface area (Å²) in [6.45, 7) is 2.07. The first-order valence-corrected chi connectivity index (χ1v) is 9.78. The highest BCUT2D eigenvalue weighted by Gasteiger charge is 2.24. The van der Waals surface area contributed by atoms with Gasteiger partial charge in [0, 0.05) is 6.07 Å². The van der Waals surface area contributed by atoms with Gasteiger partial charge in [-0.1, -0.05) is 0 Å². The Kier molecular flexibility index (Phi) is 5.83. The fourth-order valence-electron chi connectivity index (χ4n) is 2.81. The third-order valence-electron chi connectivity index (χ3n) is 4.51. The molecule has 0 amide bonds. The molecule has 30 heavy (non-hydrogen) atoms. The lowest BCUT2D eigenvalue weighted by atomic mass is 10.2. The molecule has 0 bridgehead atoms. The van der Waals surface area contributed by atoms with Crippen LogP contribution in [-0.2, 0) is 4.74 Å². The summed E-state index contributed by atoms with van der Waals surface area (Å²) >= 11 is 3.44. The van der Waals surface area contributed by atoms with Crippen LogP contribution in [0.2, 0.25) is 0 Å². The average molecular weight is 490 g/mol. The number of ether oxygens (including phenoxy) is 3. The summed E-state index contributed by atoms with van der Waals surface area (Å²) in [6.07, 6.45) is -5.97. The number of aromatic nitrogens is 3. The van der Waals surface area contributed by atoms with Gasteiger partial charge in [-0.05, 0) is 41.1 Å². The molecule has 1 atom stereocenters. The molecule has 3 aromatic rings. The van der Waals surface area contributed by atoms with Crippen LogP contribution in [0.1, 0.15) is 18.9 Å². The third-order valence-corrected chi connectivity index (χ3v) is 5.13. The number of halogens is 5. The van der Waals surface area contributed by atoms with E-state index in [-0.39, 0.29) is 11.9 Å². The van der Waals surface area contributed by atoms with Gasteiger partial charge in [0.1, 0.15) is 24.0 Å². The van der Waals surface area contributed by atoms with E-state index >= 15 is 0 Å². The van der Waals surface area contributed by atoms with Crippen LogP contribution in [0.15, 0.2) is 35.1 Å². The van der Waals surface area contributed by atoms with Gasteiger partial charge in [0.2, 0.25) is 5.88 Å². The van der Waals surface area contributed by atoms with Crippen molar-refractivity contribution in [3.05, 3.63) is 40.6 Å². The second-order valence-corrected chi connectivity index (χ2v) is 7.54. The highest BCUT2D eigenvalue weighted by Crippen LogP contribution is 2.34. The predicted octanol–water partition coefficient (Wildman–Crippen LogP) is 4.93. The number of fused-ring (bicyclic) bond motifs is 1. The van der Waals surface area contributed by atoms with Crippen LogP contribution in [-0.4, -0.2) is 46.4 Å². The number of imidazole rings is 1. The zero-order chi connectivity index (χ0) is 21.4. The molecule has 1 saturated heterocycles. The Hall–Kier alpha value is -2.40. The smallest absolute Gasteiger partial charge is 0.274 e. The van der Waals surface area contributed by atoms with E-state index in [0.717, 1.165) is 13.0 Å². The lowest BCUT2D eigenvalue weighted by molar-refractivity contribution is -0.0799. The molecule has 1 aliphatic rings. The molecule has 0 aliphatic carbocycles. The van der Waals surface area contributed by atoms with Crippen LogP contribution in [0.25, 0.3) is 16.9 Å². The Morgan fingerprint density at radius 3 is 2.60 bits per heavy atom. The van der Waals surface area contributed by atoms with Gasteiger partial charge in [0.15, 0.2) is 6.10 Å². The molecule has 6 nitrogen and oxygen atoms in total. The van der Waals surface area contributed by atoms with E-state index in [1.807, 2.05) is 0 Å². The fraction of sp³-hybridized carbons (Fsp3) is 0.368. The molecule has 0 radical (unpaired) electrons. The molecule has 4 rings (SSSR count). The summed E-state index contributed by atoms with van der Waals surface area (Å²) in [5.41, 5.74) is 0.633. The molecule has 2 aromatic heterocycles. The molecule has 1 fully saturated rings. The Labute approximate surface area is 176 Å². The standard InChI is InChI=1S/C19H16BrF4N3O3/c1-9(17(21)22)29-19-11(18(23)24)2-3-16(26-19)27-8-25-13-4-12(20)15(5-14(13)27)30-10-6-28-7-10/h2-5,8-10,17-18H,6-7H2,1H3. The quantitative estimate of drug-likeness (QED) is 0.440. The van der Waals surface area contributed by atoms with Crippen LogP contribution < -0.4 is 9.47 Å². The number of benzene rings is 1. The number of nitrogens with zero attached hydrogens (tertiary/aromatic N) is 3. The summed E-state index contributed by atoms with van der Waals surface area (Å²) in [6, 6.07) is 5.94. The second kappa shape index (κ2) is 8.38. The summed E-state index contributed by atoms with van der Waals surface area (Å²) in [4.78, 5) is 8.35. The van der Waals surface area contributed by atoms with Crippen molar-refractivity contribution in [1.29, 1.82) is 0 Å². The first-order chi connectivity index (χ1) is 14.3. The molecule has 11 heteroatoms. The van der Waals surface area contributed by atoms with E-state index in [9.17, 15) is 17.6 Å². The topological polar surface area (TPSA) is 58.4 Å². The Morgan fingerprint density at radius 2 is 1.97 bits per heavy atom. The maximum atomic E-state index is 13.3. The molecule has 0 saturated carbocycles. The molecule has 1 unspecified atom stereocenters. The van der Waals surface area contributed by atoms with Crippen molar-refractivity contribution in [2.45, 2.75) is 32.0 Å². The molecule has 0 N–H and O–H groups in total. The van der Waals surface area contributed by atoms with Gasteiger partial charge in [0.05, 0.1) is 34.3 Å². The summed E-state index contributed by atoms with van der Waals surface area (Å²) < 4.78 is 70.6. The first-order valence-electron chi connectivity index (χ1n) is 8.98. The van der Waals surface area contributed by atoms with E-state index in [1.165, 1.54) is 12.4 Å². The summed E-state index contributed by atoms with van der Waals surface area (Å²) in [7, 11) is 0. The number of pyridine rings is 1. The first kappa shape index (κ1) is 20.9. The SMILES string of the molecule is CC(Oc1nc(-n2cnc3cc(Br)c(OC4COC4)cc32)ccc1C(F)F)C(F)F. The van der Waals surface area contributed by atoms with Gasteiger partial charge in [-0.3, -0.25) is 4.57 Å². The van der Waals surface area contributed by atoms with Crippen molar-refractivity contribution < 1.29 is 31.8 Å². The van der Waals surface area contributed by atoms with Crippen LogP contribution in [0.3, 0.4) is 0 Å². The maximum absolute atomic E-state index is 13.3. The molecular formula is C19H16BrF4N3O3. The van der Waals surface area contributed by atoms with E-state index in [0.29, 0.717) is 34.5 Å². The Bertz CT molecular complexity index is 1060. The number of hydrogen-bond donors (Lipinski definition) is 0. The Balaban J connectivity index is 1.74. The lowest BCUT2D eigenvalue weighted by Crippen LogP contribution is -2.38. The molecular weight excluding hydrogens is 474 g/mol. The van der Waals surface area contributed by atoms with Gasteiger partial charge in [-0.2, -0.15) is 4.98 Å².